The first-order chi connectivity index (χ1) is 14.8. The van der Waals surface area contributed by atoms with Gasteiger partial charge >= 0.3 is 0 Å². The van der Waals surface area contributed by atoms with Gasteiger partial charge in [-0.2, -0.15) is 9.40 Å². The third kappa shape index (κ3) is 5.40. The van der Waals surface area contributed by atoms with Crippen molar-refractivity contribution in [3.63, 3.8) is 0 Å². The number of hydrogen-bond acceptors (Lipinski definition) is 6. The largest absolute Gasteiger partial charge is 0.376 e. The first kappa shape index (κ1) is 22.7. The van der Waals surface area contributed by atoms with Crippen LogP contribution in [0.25, 0.3) is 5.69 Å². The summed E-state index contributed by atoms with van der Waals surface area (Å²) >= 11 is 6.07. The predicted octanol–water partition coefficient (Wildman–Crippen LogP) is 3.00. The Morgan fingerprint density at radius 1 is 1.16 bits per heavy atom. The van der Waals surface area contributed by atoms with Crippen LogP contribution in [-0.4, -0.2) is 53.0 Å². The summed E-state index contributed by atoms with van der Waals surface area (Å²) in [6.07, 6.45) is 2.90. The Bertz CT molecular complexity index is 1150. The van der Waals surface area contributed by atoms with Crippen LogP contribution in [0.2, 0.25) is 5.02 Å². The minimum Gasteiger partial charge on any atom is -0.376 e. The molecule has 0 fully saturated rings. The SMILES string of the molecule is CCN(CC)S(=O)(=O)c1cccc(NCC(=O)Nc2cc(Cl)ccc2-n2cncn2)c1. The first-order valence-electron chi connectivity index (χ1n) is 9.63. The van der Waals surface area contributed by atoms with E-state index in [0.717, 1.165) is 0 Å². The molecular formula is C20H23ClN6O3S. The van der Waals surface area contributed by atoms with Crippen LogP contribution in [0.3, 0.4) is 0 Å². The summed E-state index contributed by atoms with van der Waals surface area (Å²) < 4.78 is 28.3. The number of carbonyl (C=O) groups is 1. The number of hydrogen-bond donors (Lipinski definition) is 2. The number of rotatable bonds is 9. The lowest BCUT2D eigenvalue weighted by Crippen LogP contribution is -2.30. The predicted molar refractivity (Wildman–Crippen MR) is 120 cm³/mol. The molecule has 0 saturated carbocycles. The van der Waals surface area contributed by atoms with Crippen LogP contribution in [0.5, 0.6) is 0 Å². The van der Waals surface area contributed by atoms with Gasteiger partial charge in [0.25, 0.3) is 0 Å². The molecular weight excluding hydrogens is 440 g/mol. The summed E-state index contributed by atoms with van der Waals surface area (Å²) in [7, 11) is -3.58. The fourth-order valence-corrected chi connectivity index (χ4v) is 4.67. The number of amides is 1. The van der Waals surface area contributed by atoms with Crippen molar-refractivity contribution in [1.82, 2.24) is 19.1 Å². The van der Waals surface area contributed by atoms with Gasteiger partial charge in [-0.05, 0) is 36.4 Å². The van der Waals surface area contributed by atoms with Crippen LogP contribution in [0, 0.1) is 0 Å². The van der Waals surface area contributed by atoms with E-state index in [1.165, 1.54) is 33.8 Å². The van der Waals surface area contributed by atoms with E-state index in [0.29, 0.717) is 35.2 Å². The lowest BCUT2D eigenvalue weighted by Gasteiger charge is -2.19. The molecule has 9 nitrogen and oxygen atoms in total. The van der Waals surface area contributed by atoms with E-state index in [1.807, 2.05) is 0 Å². The highest BCUT2D eigenvalue weighted by Gasteiger charge is 2.21. The standard InChI is InChI=1S/C20H23ClN6O3S/c1-3-26(4-2)31(29,30)17-7-5-6-16(11-17)23-12-20(28)25-18-10-15(21)8-9-19(18)27-14-22-13-24-27/h5-11,13-14,23H,3-4,12H2,1-2H3,(H,25,28). The van der Waals surface area contributed by atoms with Crippen LogP contribution in [0.1, 0.15) is 13.8 Å². The molecule has 1 aromatic heterocycles. The molecule has 1 amide bonds. The third-order valence-electron chi connectivity index (χ3n) is 4.53. The maximum Gasteiger partial charge on any atom is 0.243 e. The summed E-state index contributed by atoms with van der Waals surface area (Å²) in [4.78, 5) is 16.6. The Morgan fingerprint density at radius 3 is 2.61 bits per heavy atom. The summed E-state index contributed by atoms with van der Waals surface area (Å²) in [5.74, 6) is -0.333. The molecule has 2 N–H and O–H groups in total. The Balaban J connectivity index is 1.71. The average Bonchev–Trinajstić information content (AvgIpc) is 3.28. The number of aromatic nitrogens is 3. The zero-order chi connectivity index (χ0) is 22.4. The lowest BCUT2D eigenvalue weighted by atomic mass is 10.2. The quantitative estimate of drug-likeness (QED) is 0.506. The topological polar surface area (TPSA) is 109 Å². The minimum absolute atomic E-state index is 0.0713. The molecule has 164 valence electrons. The van der Waals surface area contributed by atoms with Crippen molar-refractivity contribution in [1.29, 1.82) is 0 Å². The van der Waals surface area contributed by atoms with Gasteiger partial charge in [0, 0.05) is 23.8 Å². The lowest BCUT2D eigenvalue weighted by molar-refractivity contribution is -0.114. The Hall–Kier alpha value is -2.95. The maximum atomic E-state index is 12.7. The molecule has 31 heavy (non-hydrogen) atoms. The molecule has 0 saturated heterocycles. The van der Waals surface area contributed by atoms with Crippen molar-refractivity contribution >= 4 is 38.9 Å². The number of sulfonamides is 1. The van der Waals surface area contributed by atoms with Crippen molar-refractivity contribution in [3.05, 3.63) is 60.1 Å². The van der Waals surface area contributed by atoms with Crippen molar-refractivity contribution in [2.24, 2.45) is 0 Å². The van der Waals surface area contributed by atoms with E-state index < -0.39 is 10.0 Å². The molecule has 11 heteroatoms. The van der Waals surface area contributed by atoms with Gasteiger partial charge in [-0.3, -0.25) is 4.79 Å². The van der Waals surface area contributed by atoms with E-state index in [4.69, 9.17) is 11.6 Å². The fourth-order valence-electron chi connectivity index (χ4n) is 3.00. The highest BCUT2D eigenvalue weighted by molar-refractivity contribution is 7.89. The molecule has 0 aliphatic carbocycles. The molecule has 0 spiro atoms. The molecule has 0 aliphatic heterocycles. The number of halogens is 1. The van der Waals surface area contributed by atoms with E-state index in [2.05, 4.69) is 20.7 Å². The van der Waals surface area contributed by atoms with Crippen molar-refractivity contribution in [2.75, 3.05) is 30.3 Å². The smallest absolute Gasteiger partial charge is 0.243 e. The molecule has 3 rings (SSSR count). The monoisotopic (exact) mass is 462 g/mol. The van der Waals surface area contributed by atoms with Crippen LogP contribution < -0.4 is 10.6 Å². The fraction of sp³-hybridized carbons (Fsp3) is 0.250. The second-order valence-electron chi connectivity index (χ2n) is 6.52. The van der Waals surface area contributed by atoms with Crippen LogP contribution in [-0.2, 0) is 14.8 Å². The Morgan fingerprint density at radius 2 is 1.94 bits per heavy atom. The zero-order valence-electron chi connectivity index (χ0n) is 17.1. The van der Waals surface area contributed by atoms with Gasteiger partial charge in [0.2, 0.25) is 15.9 Å². The number of nitrogens with one attached hydrogen (secondary N) is 2. The molecule has 0 bridgehead atoms. The molecule has 0 unspecified atom stereocenters. The third-order valence-corrected chi connectivity index (χ3v) is 6.81. The molecule has 1 heterocycles. The van der Waals surface area contributed by atoms with Gasteiger partial charge in [-0.1, -0.05) is 31.5 Å². The first-order valence-corrected chi connectivity index (χ1v) is 11.5. The molecule has 2 aromatic carbocycles. The van der Waals surface area contributed by atoms with E-state index >= 15 is 0 Å². The maximum absolute atomic E-state index is 12.7. The summed E-state index contributed by atoms with van der Waals surface area (Å²) in [5, 5.41) is 10.3. The van der Waals surface area contributed by atoms with Gasteiger partial charge in [0.05, 0.1) is 22.8 Å². The minimum atomic E-state index is -3.58. The molecule has 0 aliphatic rings. The van der Waals surface area contributed by atoms with Crippen molar-refractivity contribution in [2.45, 2.75) is 18.7 Å². The van der Waals surface area contributed by atoms with Gasteiger partial charge < -0.3 is 10.6 Å². The zero-order valence-corrected chi connectivity index (χ0v) is 18.7. The van der Waals surface area contributed by atoms with E-state index in [1.54, 1.807) is 44.2 Å². The number of carbonyl (C=O) groups excluding carboxylic acids is 1. The molecule has 0 atom stereocenters. The highest BCUT2D eigenvalue weighted by atomic mass is 35.5. The van der Waals surface area contributed by atoms with Gasteiger partial charge in [0.15, 0.2) is 0 Å². The molecule has 0 radical (unpaired) electrons. The number of nitrogens with zero attached hydrogens (tertiary/aromatic N) is 4. The van der Waals surface area contributed by atoms with Crippen molar-refractivity contribution in [3.8, 4) is 5.69 Å². The van der Waals surface area contributed by atoms with E-state index in [-0.39, 0.29) is 17.3 Å². The Labute approximate surface area is 186 Å². The van der Waals surface area contributed by atoms with Crippen LogP contribution >= 0.6 is 11.6 Å². The van der Waals surface area contributed by atoms with Crippen molar-refractivity contribution < 1.29 is 13.2 Å². The number of anilines is 2. The van der Waals surface area contributed by atoms with Gasteiger partial charge in [-0.25, -0.2) is 18.1 Å². The highest BCUT2D eigenvalue weighted by Crippen LogP contribution is 2.24. The second kappa shape index (κ2) is 9.90. The van der Waals surface area contributed by atoms with E-state index in [9.17, 15) is 13.2 Å². The average molecular weight is 463 g/mol. The van der Waals surface area contributed by atoms with Crippen LogP contribution in [0.15, 0.2) is 60.0 Å². The normalized spacial score (nSPS) is 11.5. The van der Waals surface area contributed by atoms with Crippen LogP contribution in [0.4, 0.5) is 11.4 Å². The summed E-state index contributed by atoms with van der Waals surface area (Å²) in [6, 6.07) is 11.4. The molecule has 3 aromatic rings. The Kier molecular flexibility index (Phi) is 7.26. The summed E-state index contributed by atoms with van der Waals surface area (Å²) in [5.41, 5.74) is 1.61. The summed E-state index contributed by atoms with van der Waals surface area (Å²) in [6.45, 7) is 4.27. The van der Waals surface area contributed by atoms with Gasteiger partial charge in [0.1, 0.15) is 12.7 Å². The van der Waals surface area contributed by atoms with Gasteiger partial charge in [-0.15, -0.1) is 0 Å². The second-order valence-corrected chi connectivity index (χ2v) is 8.89. The number of benzene rings is 2.